The molecule has 0 N–H and O–H groups in total. The molecule has 1 atom stereocenters. The van der Waals surface area contributed by atoms with Crippen molar-refractivity contribution in [1.82, 2.24) is 0 Å². The third-order valence-corrected chi connectivity index (χ3v) is 2.49. The fourth-order valence-electron chi connectivity index (χ4n) is 1.57. The Morgan fingerprint density at radius 2 is 2.23 bits per heavy atom. The zero-order valence-electron chi connectivity index (χ0n) is 7.83. The van der Waals surface area contributed by atoms with Gasteiger partial charge in [-0.15, -0.1) is 0 Å². The zero-order chi connectivity index (χ0) is 9.42. The molecule has 1 heterocycles. The topological polar surface area (TPSA) is 26.3 Å². The summed E-state index contributed by atoms with van der Waals surface area (Å²) in [4.78, 5) is 11.3. The first-order valence-electron chi connectivity index (χ1n) is 4.44. The lowest BCUT2D eigenvalue weighted by molar-refractivity contribution is -0.123. The number of fused-ring (bicyclic) bond motifs is 1. The van der Waals surface area contributed by atoms with Gasteiger partial charge >= 0.3 is 0 Å². The van der Waals surface area contributed by atoms with Crippen molar-refractivity contribution in [2.24, 2.45) is 0 Å². The van der Waals surface area contributed by atoms with Gasteiger partial charge in [0.2, 0.25) is 0 Å². The summed E-state index contributed by atoms with van der Waals surface area (Å²) in [5, 5.41) is 0. The molecule has 0 aromatic heterocycles. The van der Waals surface area contributed by atoms with Crippen molar-refractivity contribution in [2.75, 3.05) is 6.61 Å². The van der Waals surface area contributed by atoms with Gasteiger partial charge in [0.15, 0.2) is 5.78 Å². The van der Waals surface area contributed by atoms with Gasteiger partial charge in [0, 0.05) is 11.5 Å². The number of hydrogen-bond donors (Lipinski definition) is 0. The molecule has 2 heteroatoms. The van der Waals surface area contributed by atoms with E-state index in [-0.39, 0.29) is 18.3 Å². The average molecular weight is 176 g/mol. The Bertz CT molecular complexity index is 355. The molecule has 0 radical (unpaired) electrons. The third kappa shape index (κ3) is 1.32. The van der Waals surface area contributed by atoms with E-state index in [4.69, 9.17) is 4.74 Å². The summed E-state index contributed by atoms with van der Waals surface area (Å²) in [7, 11) is 0. The van der Waals surface area contributed by atoms with E-state index < -0.39 is 0 Å². The smallest absolute Gasteiger partial charge is 0.177 e. The Kier molecular flexibility index (Phi) is 1.83. The second-order valence-corrected chi connectivity index (χ2v) is 3.52. The second-order valence-electron chi connectivity index (χ2n) is 3.52. The Morgan fingerprint density at radius 3 is 3.00 bits per heavy atom. The van der Waals surface area contributed by atoms with Crippen LogP contribution >= 0.6 is 0 Å². The van der Waals surface area contributed by atoms with Crippen LogP contribution in [-0.2, 0) is 4.79 Å². The van der Waals surface area contributed by atoms with Crippen LogP contribution in [0.1, 0.15) is 24.0 Å². The largest absolute Gasteiger partial charge is 0.485 e. The molecule has 1 aliphatic rings. The highest BCUT2D eigenvalue weighted by molar-refractivity contribution is 5.88. The van der Waals surface area contributed by atoms with Gasteiger partial charge in [-0.25, -0.2) is 0 Å². The summed E-state index contributed by atoms with van der Waals surface area (Å²) in [5.74, 6) is 1.02. The first-order valence-corrected chi connectivity index (χ1v) is 4.44. The highest BCUT2D eigenvalue weighted by atomic mass is 16.5. The molecular weight excluding hydrogens is 164 g/mol. The molecule has 0 aliphatic carbocycles. The van der Waals surface area contributed by atoms with Gasteiger partial charge in [-0.2, -0.15) is 0 Å². The van der Waals surface area contributed by atoms with Crippen molar-refractivity contribution >= 4 is 5.78 Å². The summed E-state index contributed by atoms with van der Waals surface area (Å²) in [6, 6.07) is 5.97. The molecular formula is C11H12O2. The van der Waals surface area contributed by atoms with Crippen LogP contribution in [0.2, 0.25) is 0 Å². The molecule has 0 fully saturated rings. The quantitative estimate of drug-likeness (QED) is 0.604. The van der Waals surface area contributed by atoms with Crippen LogP contribution < -0.4 is 4.74 Å². The molecule has 0 bridgehead atoms. The maximum Gasteiger partial charge on any atom is 0.177 e. The third-order valence-electron chi connectivity index (χ3n) is 2.49. The fraction of sp³-hybridized carbons (Fsp3) is 0.364. The minimum Gasteiger partial charge on any atom is -0.485 e. The van der Waals surface area contributed by atoms with Crippen LogP contribution in [0, 0.1) is 6.92 Å². The minimum atomic E-state index is -0.00986. The summed E-state index contributed by atoms with van der Waals surface area (Å²) in [6.07, 6.45) is 0. The maximum absolute atomic E-state index is 11.3. The molecule has 2 nitrogen and oxygen atoms in total. The number of hydrogen-bond acceptors (Lipinski definition) is 2. The van der Waals surface area contributed by atoms with Gasteiger partial charge < -0.3 is 4.74 Å². The van der Waals surface area contributed by atoms with Crippen molar-refractivity contribution in [3.05, 3.63) is 29.3 Å². The number of carbonyl (C=O) groups is 1. The Hall–Kier alpha value is -1.31. The monoisotopic (exact) mass is 176 g/mol. The van der Waals surface area contributed by atoms with Crippen molar-refractivity contribution in [1.29, 1.82) is 0 Å². The number of benzene rings is 1. The van der Waals surface area contributed by atoms with Crippen molar-refractivity contribution < 1.29 is 9.53 Å². The predicted octanol–water partition coefficient (Wildman–Crippen LogP) is 2.06. The van der Waals surface area contributed by atoms with Gasteiger partial charge in [0.1, 0.15) is 12.4 Å². The highest BCUT2D eigenvalue weighted by Crippen LogP contribution is 2.31. The van der Waals surface area contributed by atoms with Crippen LogP contribution in [0.3, 0.4) is 0 Å². The van der Waals surface area contributed by atoms with Gasteiger partial charge in [-0.05, 0) is 18.6 Å². The number of ether oxygens (including phenoxy) is 1. The normalized spacial score (nSPS) is 20.8. The first-order chi connectivity index (χ1) is 6.18. The molecule has 1 aliphatic heterocycles. The summed E-state index contributed by atoms with van der Waals surface area (Å²) >= 11 is 0. The molecule has 68 valence electrons. The van der Waals surface area contributed by atoms with Gasteiger partial charge in [0.25, 0.3) is 0 Å². The molecule has 1 aromatic rings. The number of aryl methyl sites for hydroxylation is 1. The van der Waals surface area contributed by atoms with E-state index in [1.807, 2.05) is 32.0 Å². The van der Waals surface area contributed by atoms with Gasteiger partial charge in [-0.3, -0.25) is 4.79 Å². The molecule has 0 saturated carbocycles. The number of Topliss-reactive ketones (excluding diaryl/α,β-unsaturated/α-hetero) is 1. The highest BCUT2D eigenvalue weighted by Gasteiger charge is 2.24. The number of rotatable bonds is 0. The zero-order valence-corrected chi connectivity index (χ0v) is 7.83. The summed E-state index contributed by atoms with van der Waals surface area (Å²) in [6.45, 7) is 4.17. The van der Waals surface area contributed by atoms with Crippen molar-refractivity contribution in [3.63, 3.8) is 0 Å². The summed E-state index contributed by atoms with van der Waals surface area (Å²) in [5.41, 5.74) is 2.18. The van der Waals surface area contributed by atoms with Gasteiger partial charge in [0.05, 0.1) is 0 Å². The van der Waals surface area contributed by atoms with E-state index in [0.29, 0.717) is 0 Å². The molecule has 0 spiro atoms. The lowest BCUT2D eigenvalue weighted by Gasteiger charge is -2.21. The molecule has 13 heavy (non-hydrogen) atoms. The standard InChI is InChI=1S/C11H12O2/c1-7-3-4-9-8(2)10(12)6-13-11(9)5-7/h3-5,8H,6H2,1-2H3. The van der Waals surface area contributed by atoms with E-state index >= 15 is 0 Å². The molecule has 0 amide bonds. The Labute approximate surface area is 77.5 Å². The predicted molar refractivity (Wildman–Crippen MR) is 50.1 cm³/mol. The van der Waals surface area contributed by atoms with Crippen LogP contribution in [0.5, 0.6) is 5.75 Å². The van der Waals surface area contributed by atoms with Crippen LogP contribution in [0.4, 0.5) is 0 Å². The van der Waals surface area contributed by atoms with E-state index in [1.54, 1.807) is 0 Å². The van der Waals surface area contributed by atoms with Crippen LogP contribution in [0.15, 0.2) is 18.2 Å². The van der Waals surface area contributed by atoms with E-state index in [2.05, 4.69) is 0 Å². The van der Waals surface area contributed by atoms with Gasteiger partial charge in [-0.1, -0.05) is 19.1 Å². The van der Waals surface area contributed by atoms with Crippen molar-refractivity contribution in [2.45, 2.75) is 19.8 Å². The maximum atomic E-state index is 11.3. The lowest BCUT2D eigenvalue weighted by Crippen LogP contribution is -2.23. The first kappa shape index (κ1) is 8.30. The summed E-state index contributed by atoms with van der Waals surface area (Å²) < 4.78 is 5.34. The van der Waals surface area contributed by atoms with Crippen molar-refractivity contribution in [3.8, 4) is 5.75 Å². The molecule has 0 saturated heterocycles. The molecule has 2 rings (SSSR count). The average Bonchev–Trinajstić information content (AvgIpc) is 2.12. The molecule has 1 unspecified atom stereocenters. The Balaban J connectivity index is 2.49. The van der Waals surface area contributed by atoms with E-state index in [1.165, 1.54) is 5.56 Å². The number of ketones is 1. The minimum absolute atomic E-state index is 0.00986. The lowest BCUT2D eigenvalue weighted by atomic mass is 9.93. The number of carbonyl (C=O) groups excluding carboxylic acids is 1. The second kappa shape index (κ2) is 2.87. The fourth-order valence-corrected chi connectivity index (χ4v) is 1.57. The molecule has 1 aromatic carbocycles. The SMILES string of the molecule is Cc1ccc2c(c1)OCC(=O)C2C. The van der Waals surface area contributed by atoms with E-state index in [0.717, 1.165) is 11.3 Å². The van der Waals surface area contributed by atoms with Crippen LogP contribution in [0.25, 0.3) is 0 Å². The van der Waals surface area contributed by atoms with E-state index in [9.17, 15) is 4.79 Å². The Morgan fingerprint density at radius 1 is 1.46 bits per heavy atom. The van der Waals surface area contributed by atoms with Crippen LogP contribution in [-0.4, -0.2) is 12.4 Å².